The zero-order valence-electron chi connectivity index (χ0n) is 10.9. The molecule has 0 aliphatic carbocycles. The molecule has 20 heavy (non-hydrogen) atoms. The molecule has 2 N–H and O–H groups in total. The van der Waals surface area contributed by atoms with E-state index < -0.39 is 18.0 Å². The van der Waals surface area contributed by atoms with Crippen LogP contribution in [0.15, 0.2) is 24.3 Å². The Labute approximate surface area is 116 Å². The lowest BCUT2D eigenvalue weighted by molar-refractivity contribution is -0.141. The molecule has 2 amide bonds. The molecule has 0 aromatic heterocycles. The monoisotopic (exact) mass is 273 g/mol. The van der Waals surface area contributed by atoms with Gasteiger partial charge in [0.25, 0.3) is 0 Å². The van der Waals surface area contributed by atoms with Gasteiger partial charge < -0.3 is 15.3 Å². The molecular formula is C14H15N3O3. The van der Waals surface area contributed by atoms with Crippen LogP contribution >= 0.6 is 0 Å². The Balaban J connectivity index is 2.00. The van der Waals surface area contributed by atoms with Gasteiger partial charge in [0.1, 0.15) is 6.04 Å². The van der Waals surface area contributed by atoms with Gasteiger partial charge >= 0.3 is 12.0 Å². The van der Waals surface area contributed by atoms with Crippen LogP contribution in [0.5, 0.6) is 0 Å². The average Bonchev–Trinajstić information content (AvgIpc) is 2.91. The van der Waals surface area contributed by atoms with Crippen molar-refractivity contribution in [1.82, 2.24) is 4.90 Å². The average molecular weight is 273 g/mol. The summed E-state index contributed by atoms with van der Waals surface area (Å²) in [6, 6.07) is 7.84. The first kappa shape index (κ1) is 13.9. The SMILES string of the molecule is N#CCc1ccc(NC(=O)N2CCCC2C(=O)O)cc1. The maximum Gasteiger partial charge on any atom is 0.326 e. The van der Waals surface area contributed by atoms with Crippen molar-refractivity contribution in [2.24, 2.45) is 0 Å². The summed E-state index contributed by atoms with van der Waals surface area (Å²) in [7, 11) is 0. The normalized spacial score (nSPS) is 17.6. The minimum Gasteiger partial charge on any atom is -0.480 e. The van der Waals surface area contributed by atoms with Crippen molar-refractivity contribution in [3.63, 3.8) is 0 Å². The van der Waals surface area contributed by atoms with Gasteiger partial charge in [0.15, 0.2) is 0 Å². The number of aliphatic carboxylic acids is 1. The molecule has 6 nitrogen and oxygen atoms in total. The van der Waals surface area contributed by atoms with Gasteiger partial charge in [-0.25, -0.2) is 9.59 Å². The summed E-state index contributed by atoms with van der Waals surface area (Å²) in [6.45, 7) is 0.454. The fourth-order valence-electron chi connectivity index (χ4n) is 2.26. The second-order valence-electron chi connectivity index (χ2n) is 4.65. The molecule has 1 aromatic rings. The summed E-state index contributed by atoms with van der Waals surface area (Å²) >= 11 is 0. The van der Waals surface area contributed by atoms with Crippen LogP contribution in [0.2, 0.25) is 0 Å². The molecule has 6 heteroatoms. The number of nitriles is 1. The molecule has 1 unspecified atom stereocenters. The van der Waals surface area contributed by atoms with Crippen LogP contribution in [0.3, 0.4) is 0 Å². The Hall–Kier alpha value is -2.55. The van der Waals surface area contributed by atoms with Crippen LogP contribution in [0.4, 0.5) is 10.5 Å². The van der Waals surface area contributed by atoms with Crippen molar-refractivity contribution in [3.05, 3.63) is 29.8 Å². The van der Waals surface area contributed by atoms with Gasteiger partial charge in [0.2, 0.25) is 0 Å². The molecule has 1 saturated heterocycles. The first-order valence-electron chi connectivity index (χ1n) is 6.38. The number of rotatable bonds is 3. The molecule has 1 aliphatic rings. The first-order valence-corrected chi connectivity index (χ1v) is 6.38. The second-order valence-corrected chi connectivity index (χ2v) is 4.65. The molecule has 104 valence electrons. The highest BCUT2D eigenvalue weighted by Crippen LogP contribution is 2.19. The third-order valence-corrected chi connectivity index (χ3v) is 3.29. The highest BCUT2D eigenvalue weighted by Gasteiger charge is 2.33. The first-order chi connectivity index (χ1) is 9.61. The van der Waals surface area contributed by atoms with Gasteiger partial charge in [-0.1, -0.05) is 12.1 Å². The predicted molar refractivity (Wildman–Crippen MR) is 72.1 cm³/mol. The fourth-order valence-corrected chi connectivity index (χ4v) is 2.26. The summed E-state index contributed by atoms with van der Waals surface area (Å²) in [6.07, 6.45) is 1.51. The van der Waals surface area contributed by atoms with E-state index in [9.17, 15) is 9.59 Å². The van der Waals surface area contributed by atoms with Gasteiger partial charge in [0.05, 0.1) is 12.5 Å². The van der Waals surface area contributed by atoms with E-state index in [0.717, 1.165) is 5.56 Å². The van der Waals surface area contributed by atoms with Crippen molar-refractivity contribution < 1.29 is 14.7 Å². The topological polar surface area (TPSA) is 93.4 Å². The third-order valence-electron chi connectivity index (χ3n) is 3.29. The number of nitrogens with one attached hydrogen (secondary N) is 1. The van der Waals surface area contributed by atoms with Crippen LogP contribution in [-0.2, 0) is 11.2 Å². The van der Waals surface area contributed by atoms with Gasteiger partial charge in [-0.2, -0.15) is 5.26 Å². The minimum absolute atomic E-state index is 0.321. The van der Waals surface area contributed by atoms with Crippen molar-refractivity contribution in [1.29, 1.82) is 5.26 Å². The molecule has 1 aromatic carbocycles. The van der Waals surface area contributed by atoms with E-state index in [-0.39, 0.29) is 0 Å². The highest BCUT2D eigenvalue weighted by molar-refractivity contribution is 5.92. The molecule has 1 fully saturated rings. The zero-order valence-corrected chi connectivity index (χ0v) is 10.9. The smallest absolute Gasteiger partial charge is 0.326 e. The largest absolute Gasteiger partial charge is 0.480 e. The standard InChI is InChI=1S/C14H15N3O3/c15-8-7-10-3-5-11(6-4-10)16-14(20)17-9-1-2-12(17)13(18)19/h3-6,12H,1-2,7,9H2,(H,16,20)(H,18,19). The van der Waals surface area contributed by atoms with Crippen molar-refractivity contribution in [2.75, 3.05) is 11.9 Å². The van der Waals surface area contributed by atoms with E-state index in [1.807, 2.05) is 6.07 Å². The summed E-state index contributed by atoms with van der Waals surface area (Å²) in [4.78, 5) is 24.4. The number of nitrogens with zero attached hydrogens (tertiary/aromatic N) is 2. The summed E-state index contributed by atoms with van der Waals surface area (Å²) in [5.74, 6) is -0.970. The second kappa shape index (κ2) is 6.06. The Kier molecular flexibility index (Phi) is 4.20. The Bertz CT molecular complexity index is 548. The molecule has 0 radical (unpaired) electrons. The summed E-state index contributed by atoms with van der Waals surface area (Å²) in [5, 5.41) is 20.3. The minimum atomic E-state index is -0.970. The number of hydrogen-bond acceptors (Lipinski definition) is 3. The number of hydrogen-bond donors (Lipinski definition) is 2. The van der Waals surface area contributed by atoms with E-state index in [4.69, 9.17) is 10.4 Å². The highest BCUT2D eigenvalue weighted by atomic mass is 16.4. The van der Waals surface area contributed by atoms with Crippen molar-refractivity contribution in [2.45, 2.75) is 25.3 Å². The summed E-state index contributed by atoms with van der Waals surface area (Å²) < 4.78 is 0. The number of likely N-dealkylation sites (tertiary alicyclic amines) is 1. The molecule has 1 aliphatic heterocycles. The van der Waals surface area contributed by atoms with Gasteiger partial charge in [-0.05, 0) is 30.5 Å². The van der Waals surface area contributed by atoms with Crippen molar-refractivity contribution in [3.8, 4) is 6.07 Å². The molecule has 0 saturated carbocycles. The number of carboxylic acid groups (broad SMARTS) is 1. The molecule has 1 heterocycles. The molecule has 0 spiro atoms. The van der Waals surface area contributed by atoms with E-state index in [2.05, 4.69) is 5.32 Å². The van der Waals surface area contributed by atoms with Gasteiger partial charge in [0, 0.05) is 12.2 Å². The third kappa shape index (κ3) is 3.06. The van der Waals surface area contributed by atoms with Crippen molar-refractivity contribution >= 4 is 17.7 Å². The lowest BCUT2D eigenvalue weighted by Crippen LogP contribution is -2.42. The Morgan fingerprint density at radius 3 is 2.70 bits per heavy atom. The van der Waals surface area contributed by atoms with Crippen LogP contribution < -0.4 is 5.32 Å². The fraction of sp³-hybridized carbons (Fsp3) is 0.357. The lowest BCUT2D eigenvalue weighted by Gasteiger charge is -2.21. The lowest BCUT2D eigenvalue weighted by atomic mass is 10.1. The number of benzene rings is 1. The van der Waals surface area contributed by atoms with E-state index in [1.54, 1.807) is 24.3 Å². The van der Waals surface area contributed by atoms with Crippen LogP contribution in [0, 0.1) is 11.3 Å². The van der Waals surface area contributed by atoms with E-state index in [1.165, 1.54) is 4.90 Å². The molecule has 2 rings (SSSR count). The quantitative estimate of drug-likeness (QED) is 0.878. The number of carbonyl (C=O) groups excluding carboxylic acids is 1. The molecular weight excluding hydrogens is 258 g/mol. The number of amides is 2. The number of anilines is 1. The van der Waals surface area contributed by atoms with Crippen LogP contribution in [0.25, 0.3) is 0 Å². The Morgan fingerprint density at radius 1 is 1.40 bits per heavy atom. The van der Waals surface area contributed by atoms with E-state index >= 15 is 0 Å². The molecule has 0 bridgehead atoms. The van der Waals surface area contributed by atoms with Crippen LogP contribution in [-0.4, -0.2) is 34.6 Å². The van der Waals surface area contributed by atoms with Gasteiger partial charge in [-0.15, -0.1) is 0 Å². The van der Waals surface area contributed by atoms with Gasteiger partial charge in [-0.3, -0.25) is 0 Å². The number of carboxylic acids is 1. The zero-order chi connectivity index (χ0) is 14.5. The molecule has 1 atom stereocenters. The summed E-state index contributed by atoms with van der Waals surface area (Å²) in [5.41, 5.74) is 1.46. The number of urea groups is 1. The maximum atomic E-state index is 12.0. The van der Waals surface area contributed by atoms with E-state index in [0.29, 0.717) is 31.5 Å². The maximum absolute atomic E-state index is 12.0. The Morgan fingerprint density at radius 2 is 2.10 bits per heavy atom. The predicted octanol–water partition coefficient (Wildman–Crippen LogP) is 1.83. The number of carbonyl (C=O) groups is 2. The van der Waals surface area contributed by atoms with Crippen LogP contribution in [0.1, 0.15) is 18.4 Å².